The van der Waals surface area contributed by atoms with Crippen molar-refractivity contribution in [1.29, 1.82) is 0 Å². The number of aliphatic hydroxyl groups excluding tert-OH is 2. The van der Waals surface area contributed by atoms with Gasteiger partial charge < -0.3 is 10.2 Å². The number of aliphatic hydroxyl groups is 2. The molecule has 1 heterocycles. The standard InChI is InChI=1S/C8H12N2O4/c1-5(11)4-7(13)10-3-2-6(12)9-8(10)14/h2-3,5,7,11,13H,4H2,1H3,(H,9,12,14)/t5?,7-/m1/s1. The van der Waals surface area contributed by atoms with Gasteiger partial charge in [0.15, 0.2) is 0 Å². The predicted octanol–water partition coefficient (Wildman–Crippen LogP) is -1.20. The van der Waals surface area contributed by atoms with Crippen LogP contribution in [0.3, 0.4) is 0 Å². The van der Waals surface area contributed by atoms with Crippen LogP contribution in [0.1, 0.15) is 19.6 Å². The summed E-state index contributed by atoms with van der Waals surface area (Å²) >= 11 is 0. The molecule has 1 aromatic rings. The van der Waals surface area contributed by atoms with Crippen LogP contribution in [0, 0.1) is 0 Å². The Morgan fingerprint density at radius 2 is 2.14 bits per heavy atom. The first-order valence-corrected chi connectivity index (χ1v) is 4.18. The van der Waals surface area contributed by atoms with E-state index in [2.05, 4.69) is 0 Å². The van der Waals surface area contributed by atoms with Crippen LogP contribution in [0.4, 0.5) is 0 Å². The molecule has 0 aliphatic carbocycles. The molecule has 3 N–H and O–H groups in total. The third-order valence-electron chi connectivity index (χ3n) is 1.72. The molecule has 6 nitrogen and oxygen atoms in total. The van der Waals surface area contributed by atoms with Crippen molar-refractivity contribution in [2.45, 2.75) is 25.7 Å². The second-order valence-corrected chi connectivity index (χ2v) is 3.08. The molecule has 0 amide bonds. The SMILES string of the molecule is CC(O)C[C@@H](O)n1ccc(=O)[nH]c1=O. The van der Waals surface area contributed by atoms with Crippen LogP contribution >= 0.6 is 0 Å². The number of aromatic amines is 1. The quantitative estimate of drug-likeness (QED) is 0.571. The van der Waals surface area contributed by atoms with Gasteiger partial charge in [-0.05, 0) is 6.92 Å². The molecule has 0 fully saturated rings. The Bertz CT molecular complexity index is 406. The van der Waals surface area contributed by atoms with Crippen molar-refractivity contribution in [2.75, 3.05) is 0 Å². The Morgan fingerprint density at radius 3 is 2.64 bits per heavy atom. The van der Waals surface area contributed by atoms with Crippen LogP contribution in [0.2, 0.25) is 0 Å². The van der Waals surface area contributed by atoms with Gasteiger partial charge in [-0.2, -0.15) is 0 Å². The number of rotatable bonds is 3. The lowest BCUT2D eigenvalue weighted by Gasteiger charge is -2.14. The Morgan fingerprint density at radius 1 is 1.50 bits per heavy atom. The van der Waals surface area contributed by atoms with E-state index < -0.39 is 23.6 Å². The minimum atomic E-state index is -1.13. The average Bonchev–Trinajstić information content (AvgIpc) is 2.01. The van der Waals surface area contributed by atoms with E-state index in [9.17, 15) is 14.7 Å². The van der Waals surface area contributed by atoms with Crippen molar-refractivity contribution in [3.8, 4) is 0 Å². The van der Waals surface area contributed by atoms with Gasteiger partial charge in [0.25, 0.3) is 5.56 Å². The zero-order valence-corrected chi connectivity index (χ0v) is 7.67. The molecule has 0 bridgehead atoms. The zero-order chi connectivity index (χ0) is 10.7. The number of nitrogens with one attached hydrogen (secondary N) is 1. The van der Waals surface area contributed by atoms with E-state index in [1.54, 1.807) is 0 Å². The number of hydrogen-bond donors (Lipinski definition) is 3. The lowest BCUT2D eigenvalue weighted by Crippen LogP contribution is -2.32. The summed E-state index contributed by atoms with van der Waals surface area (Å²) in [5.74, 6) is 0. The Balaban J connectivity index is 2.96. The van der Waals surface area contributed by atoms with E-state index in [1.807, 2.05) is 4.98 Å². The van der Waals surface area contributed by atoms with Crippen LogP contribution in [0.25, 0.3) is 0 Å². The molecule has 14 heavy (non-hydrogen) atoms. The molecule has 0 aliphatic heterocycles. The molecule has 0 saturated carbocycles. The smallest absolute Gasteiger partial charge is 0.330 e. The Kier molecular flexibility index (Phi) is 3.21. The first kappa shape index (κ1) is 10.7. The first-order chi connectivity index (χ1) is 6.50. The molecule has 6 heteroatoms. The van der Waals surface area contributed by atoms with E-state index in [0.717, 1.165) is 10.6 Å². The van der Waals surface area contributed by atoms with Crippen molar-refractivity contribution in [3.05, 3.63) is 33.1 Å². The van der Waals surface area contributed by atoms with E-state index in [4.69, 9.17) is 5.11 Å². The third kappa shape index (κ3) is 2.54. The average molecular weight is 200 g/mol. The summed E-state index contributed by atoms with van der Waals surface area (Å²) in [5.41, 5.74) is -1.21. The highest BCUT2D eigenvalue weighted by atomic mass is 16.3. The molecule has 78 valence electrons. The van der Waals surface area contributed by atoms with Crippen molar-refractivity contribution in [3.63, 3.8) is 0 Å². The highest BCUT2D eigenvalue weighted by Gasteiger charge is 2.10. The van der Waals surface area contributed by atoms with Gasteiger partial charge in [-0.1, -0.05) is 0 Å². The molecule has 2 atom stereocenters. The van der Waals surface area contributed by atoms with Crippen LogP contribution in [0.15, 0.2) is 21.9 Å². The van der Waals surface area contributed by atoms with Crippen molar-refractivity contribution >= 4 is 0 Å². The summed E-state index contributed by atoms with van der Waals surface area (Å²) in [5, 5.41) is 18.4. The summed E-state index contributed by atoms with van der Waals surface area (Å²) in [4.78, 5) is 23.8. The van der Waals surface area contributed by atoms with Crippen molar-refractivity contribution < 1.29 is 10.2 Å². The summed E-state index contributed by atoms with van der Waals surface area (Å²) in [6.07, 6.45) is -0.622. The van der Waals surface area contributed by atoms with Crippen LogP contribution < -0.4 is 11.2 Å². The number of hydrogen-bond acceptors (Lipinski definition) is 4. The maximum Gasteiger partial charge on any atom is 0.330 e. The van der Waals surface area contributed by atoms with E-state index >= 15 is 0 Å². The van der Waals surface area contributed by atoms with Crippen LogP contribution in [0.5, 0.6) is 0 Å². The van der Waals surface area contributed by atoms with Gasteiger partial charge >= 0.3 is 5.69 Å². The summed E-state index contributed by atoms with van der Waals surface area (Å²) < 4.78 is 0.952. The van der Waals surface area contributed by atoms with E-state index in [0.29, 0.717) is 0 Å². The van der Waals surface area contributed by atoms with Crippen LogP contribution in [-0.2, 0) is 0 Å². The second kappa shape index (κ2) is 4.21. The lowest BCUT2D eigenvalue weighted by molar-refractivity contribution is 0.0399. The lowest BCUT2D eigenvalue weighted by atomic mass is 10.2. The maximum atomic E-state index is 11.1. The first-order valence-electron chi connectivity index (χ1n) is 4.18. The highest BCUT2D eigenvalue weighted by molar-refractivity contribution is 4.83. The van der Waals surface area contributed by atoms with Crippen molar-refractivity contribution in [1.82, 2.24) is 9.55 Å². The molecular formula is C8H12N2O4. The van der Waals surface area contributed by atoms with E-state index in [1.165, 1.54) is 13.1 Å². The van der Waals surface area contributed by atoms with Gasteiger partial charge in [-0.15, -0.1) is 0 Å². The fourth-order valence-corrected chi connectivity index (χ4v) is 1.08. The predicted molar refractivity (Wildman–Crippen MR) is 48.9 cm³/mol. The van der Waals surface area contributed by atoms with Gasteiger partial charge in [0.2, 0.25) is 0 Å². The van der Waals surface area contributed by atoms with Crippen molar-refractivity contribution in [2.24, 2.45) is 0 Å². The third-order valence-corrected chi connectivity index (χ3v) is 1.72. The van der Waals surface area contributed by atoms with Gasteiger partial charge in [-0.3, -0.25) is 14.3 Å². The van der Waals surface area contributed by atoms with Gasteiger partial charge in [0.1, 0.15) is 6.23 Å². The van der Waals surface area contributed by atoms with Gasteiger partial charge in [0.05, 0.1) is 6.10 Å². The number of aromatic nitrogens is 2. The molecule has 1 unspecified atom stereocenters. The molecule has 0 aliphatic rings. The summed E-state index contributed by atoms with van der Waals surface area (Å²) in [7, 11) is 0. The molecule has 0 spiro atoms. The van der Waals surface area contributed by atoms with Gasteiger partial charge in [0, 0.05) is 18.7 Å². The molecule has 0 saturated heterocycles. The molecule has 0 aromatic carbocycles. The van der Waals surface area contributed by atoms with Gasteiger partial charge in [-0.25, -0.2) is 4.79 Å². The summed E-state index contributed by atoms with van der Waals surface area (Å²) in [6, 6.07) is 1.13. The Hall–Kier alpha value is -1.40. The second-order valence-electron chi connectivity index (χ2n) is 3.08. The van der Waals surface area contributed by atoms with E-state index in [-0.39, 0.29) is 6.42 Å². The van der Waals surface area contributed by atoms with Crippen LogP contribution in [-0.4, -0.2) is 25.9 Å². The largest absolute Gasteiger partial charge is 0.393 e. The highest BCUT2D eigenvalue weighted by Crippen LogP contribution is 2.05. The normalized spacial score (nSPS) is 15.1. The minimum absolute atomic E-state index is 0.0337. The molecule has 1 aromatic heterocycles. The topological polar surface area (TPSA) is 95.3 Å². The zero-order valence-electron chi connectivity index (χ0n) is 7.67. The fraction of sp³-hybridized carbons (Fsp3) is 0.500. The number of H-pyrrole nitrogens is 1. The molecular weight excluding hydrogens is 188 g/mol. The molecule has 0 radical (unpaired) electrons. The Labute approximate surface area is 79.5 Å². The monoisotopic (exact) mass is 200 g/mol. The fourth-order valence-electron chi connectivity index (χ4n) is 1.08. The number of nitrogens with zero attached hydrogens (tertiary/aromatic N) is 1. The maximum absolute atomic E-state index is 11.1. The minimum Gasteiger partial charge on any atom is -0.393 e. The summed E-state index contributed by atoms with van der Waals surface area (Å²) in [6.45, 7) is 1.50. The molecule has 1 rings (SSSR count).